The van der Waals surface area contributed by atoms with Crippen LogP contribution < -0.4 is 0 Å². The number of hydrogen-bond acceptors (Lipinski definition) is 3. The molecule has 0 saturated heterocycles. The maximum Gasteiger partial charge on any atom is 0.127 e. The molecule has 2 aromatic heterocycles. The third kappa shape index (κ3) is 2.83. The van der Waals surface area contributed by atoms with Crippen LogP contribution in [0, 0.1) is 13.8 Å². The number of benzene rings is 1. The molecule has 0 fully saturated rings. The van der Waals surface area contributed by atoms with Gasteiger partial charge in [-0.1, -0.05) is 12.1 Å². The number of imidazole rings is 1. The van der Waals surface area contributed by atoms with Crippen molar-refractivity contribution in [3.8, 4) is 0 Å². The van der Waals surface area contributed by atoms with Gasteiger partial charge in [-0.05, 0) is 32.4 Å². The average molecular weight is 320 g/mol. The number of nitrogens with zero attached hydrogens (tertiary/aromatic N) is 3. The second kappa shape index (κ2) is 5.78. The number of halogens is 1. The summed E-state index contributed by atoms with van der Waals surface area (Å²) in [5, 5.41) is 3.14. The zero-order valence-electron chi connectivity index (χ0n) is 12.4. The van der Waals surface area contributed by atoms with Crippen LogP contribution in [-0.2, 0) is 13.0 Å². The van der Waals surface area contributed by atoms with E-state index >= 15 is 0 Å². The van der Waals surface area contributed by atoms with Gasteiger partial charge in [0.15, 0.2) is 0 Å². The zero-order chi connectivity index (χ0) is 15.0. The van der Waals surface area contributed by atoms with Gasteiger partial charge in [0, 0.05) is 18.3 Å². The summed E-state index contributed by atoms with van der Waals surface area (Å²) < 4.78 is 2.25. The Morgan fingerprint density at radius 3 is 2.76 bits per heavy atom. The highest BCUT2D eigenvalue weighted by Gasteiger charge is 2.16. The Labute approximate surface area is 133 Å². The van der Waals surface area contributed by atoms with E-state index in [1.54, 1.807) is 11.3 Å². The molecule has 1 atom stereocenters. The second-order valence-electron chi connectivity index (χ2n) is 5.29. The molecule has 1 aromatic carbocycles. The first-order chi connectivity index (χ1) is 10.1. The van der Waals surface area contributed by atoms with Crippen LogP contribution in [0.1, 0.15) is 34.4 Å². The smallest absolute Gasteiger partial charge is 0.127 e. The van der Waals surface area contributed by atoms with E-state index in [0.717, 1.165) is 35.0 Å². The van der Waals surface area contributed by atoms with Gasteiger partial charge in [0.2, 0.25) is 0 Å². The molecule has 0 radical (unpaired) electrons. The maximum atomic E-state index is 6.32. The summed E-state index contributed by atoms with van der Waals surface area (Å²) in [7, 11) is 0. The lowest BCUT2D eigenvalue weighted by Crippen LogP contribution is -2.07. The Hall–Kier alpha value is -1.39. The summed E-state index contributed by atoms with van der Waals surface area (Å²) in [5.74, 6) is 0.938. The lowest BCUT2D eigenvalue weighted by atomic mass is 10.2. The van der Waals surface area contributed by atoms with Gasteiger partial charge in [0.25, 0.3) is 0 Å². The van der Waals surface area contributed by atoms with Crippen LogP contribution in [0.25, 0.3) is 11.0 Å². The van der Waals surface area contributed by atoms with Crippen LogP contribution >= 0.6 is 22.9 Å². The molecule has 21 heavy (non-hydrogen) atoms. The predicted molar refractivity (Wildman–Crippen MR) is 89.3 cm³/mol. The average Bonchev–Trinajstić information content (AvgIpc) is 3.01. The molecule has 3 nitrogen and oxygen atoms in total. The fraction of sp³-hybridized carbons (Fsp3) is 0.375. The zero-order valence-corrected chi connectivity index (χ0v) is 14.0. The Balaban J connectivity index is 2.00. The van der Waals surface area contributed by atoms with Crippen molar-refractivity contribution < 1.29 is 0 Å². The van der Waals surface area contributed by atoms with Crippen molar-refractivity contribution in [1.29, 1.82) is 0 Å². The minimum absolute atomic E-state index is 0.103. The van der Waals surface area contributed by atoms with Crippen molar-refractivity contribution in [2.75, 3.05) is 0 Å². The number of aryl methyl sites for hydroxylation is 4. The van der Waals surface area contributed by atoms with E-state index in [9.17, 15) is 0 Å². The molecule has 0 amide bonds. The molecule has 0 bridgehead atoms. The highest BCUT2D eigenvalue weighted by atomic mass is 35.5. The molecule has 0 saturated carbocycles. The third-order valence-electron chi connectivity index (χ3n) is 3.61. The van der Waals surface area contributed by atoms with Crippen LogP contribution in [0.3, 0.4) is 0 Å². The molecule has 0 spiro atoms. The van der Waals surface area contributed by atoms with Gasteiger partial charge in [-0.2, -0.15) is 0 Å². The summed E-state index contributed by atoms with van der Waals surface area (Å²) >= 11 is 8.02. The first-order valence-electron chi connectivity index (χ1n) is 7.07. The number of rotatable bonds is 4. The lowest BCUT2D eigenvalue weighted by Gasteiger charge is -2.11. The maximum absolute atomic E-state index is 6.32. The van der Waals surface area contributed by atoms with Gasteiger partial charge in [0.05, 0.1) is 27.1 Å². The van der Waals surface area contributed by atoms with Crippen LogP contribution in [0.15, 0.2) is 23.6 Å². The highest BCUT2D eigenvalue weighted by molar-refractivity contribution is 7.09. The van der Waals surface area contributed by atoms with E-state index in [-0.39, 0.29) is 5.38 Å². The normalized spacial score (nSPS) is 13.0. The van der Waals surface area contributed by atoms with Crippen LogP contribution in [0.4, 0.5) is 0 Å². The number of fused-ring (bicyclic) bond motifs is 1. The Morgan fingerprint density at radius 1 is 1.29 bits per heavy atom. The van der Waals surface area contributed by atoms with E-state index in [2.05, 4.69) is 34.0 Å². The SMILES string of the molecule is Cc1nc(CCn2c(C(C)Cl)nc3cccc(C)c32)cs1. The molecule has 0 N–H and O–H groups in total. The fourth-order valence-corrected chi connectivity index (χ4v) is 3.48. The van der Waals surface area contributed by atoms with E-state index in [1.165, 1.54) is 11.1 Å². The number of aromatic nitrogens is 3. The molecule has 3 aromatic rings. The number of thiazole rings is 1. The fourth-order valence-electron chi connectivity index (χ4n) is 2.66. The molecular formula is C16H18ClN3S. The minimum atomic E-state index is -0.103. The van der Waals surface area contributed by atoms with Gasteiger partial charge in [-0.3, -0.25) is 0 Å². The molecule has 5 heteroatoms. The summed E-state index contributed by atoms with van der Waals surface area (Å²) in [6.07, 6.45) is 0.904. The number of hydrogen-bond donors (Lipinski definition) is 0. The van der Waals surface area contributed by atoms with Crippen molar-refractivity contribution in [2.24, 2.45) is 0 Å². The lowest BCUT2D eigenvalue weighted by molar-refractivity contribution is 0.660. The quantitative estimate of drug-likeness (QED) is 0.655. The monoisotopic (exact) mass is 319 g/mol. The van der Waals surface area contributed by atoms with Gasteiger partial charge >= 0.3 is 0 Å². The van der Waals surface area contributed by atoms with Crippen molar-refractivity contribution in [1.82, 2.24) is 14.5 Å². The molecule has 0 aliphatic rings. The standard InChI is InChI=1S/C16H18ClN3S/c1-10-5-4-6-14-15(10)20(16(19-14)11(2)17)8-7-13-9-21-12(3)18-13/h4-6,9,11H,7-8H2,1-3H3. The molecule has 0 aliphatic heterocycles. The molecule has 3 rings (SSSR count). The molecule has 0 aliphatic carbocycles. The van der Waals surface area contributed by atoms with Crippen molar-refractivity contribution in [3.63, 3.8) is 0 Å². The highest BCUT2D eigenvalue weighted by Crippen LogP contribution is 2.27. The Bertz CT molecular complexity index is 773. The van der Waals surface area contributed by atoms with Gasteiger partial charge < -0.3 is 4.57 Å². The molecule has 110 valence electrons. The Morgan fingerprint density at radius 2 is 2.10 bits per heavy atom. The van der Waals surface area contributed by atoms with E-state index < -0.39 is 0 Å². The summed E-state index contributed by atoms with van der Waals surface area (Å²) in [4.78, 5) is 9.24. The first kappa shape index (κ1) is 14.5. The number of para-hydroxylation sites is 1. The van der Waals surface area contributed by atoms with Crippen LogP contribution in [0.2, 0.25) is 0 Å². The molecule has 1 unspecified atom stereocenters. The largest absolute Gasteiger partial charge is 0.326 e. The van der Waals surface area contributed by atoms with Crippen LogP contribution in [-0.4, -0.2) is 14.5 Å². The predicted octanol–water partition coefficient (Wildman–Crippen LogP) is 4.65. The van der Waals surface area contributed by atoms with Crippen molar-refractivity contribution in [3.05, 3.63) is 45.7 Å². The van der Waals surface area contributed by atoms with E-state index in [4.69, 9.17) is 16.6 Å². The van der Waals surface area contributed by atoms with Gasteiger partial charge in [-0.25, -0.2) is 9.97 Å². The second-order valence-corrected chi connectivity index (χ2v) is 7.01. The first-order valence-corrected chi connectivity index (χ1v) is 8.38. The van der Waals surface area contributed by atoms with Gasteiger partial charge in [0.1, 0.15) is 5.82 Å². The van der Waals surface area contributed by atoms with Gasteiger partial charge in [-0.15, -0.1) is 22.9 Å². The summed E-state index contributed by atoms with van der Waals surface area (Å²) in [6, 6.07) is 6.21. The van der Waals surface area contributed by atoms with E-state index in [1.807, 2.05) is 19.9 Å². The summed E-state index contributed by atoms with van der Waals surface area (Å²) in [6.45, 7) is 6.99. The molecular weight excluding hydrogens is 302 g/mol. The molecule has 2 heterocycles. The third-order valence-corrected chi connectivity index (χ3v) is 4.63. The Kier molecular flexibility index (Phi) is 4.00. The van der Waals surface area contributed by atoms with E-state index in [0.29, 0.717) is 0 Å². The van der Waals surface area contributed by atoms with Crippen molar-refractivity contribution >= 4 is 34.0 Å². The minimum Gasteiger partial charge on any atom is -0.326 e. The summed E-state index contributed by atoms with van der Waals surface area (Å²) in [5.41, 5.74) is 4.58. The number of alkyl halides is 1. The topological polar surface area (TPSA) is 30.7 Å². The van der Waals surface area contributed by atoms with Crippen LogP contribution in [0.5, 0.6) is 0 Å². The van der Waals surface area contributed by atoms with Crippen molar-refractivity contribution in [2.45, 2.75) is 39.1 Å².